The second-order valence-electron chi connectivity index (χ2n) is 6.34. The molecule has 0 bridgehead atoms. The summed E-state index contributed by atoms with van der Waals surface area (Å²) in [4.78, 5) is 16.6. The monoisotopic (exact) mass is 343 g/mol. The van der Waals surface area contributed by atoms with Crippen LogP contribution in [0.1, 0.15) is 17.7 Å². The van der Waals surface area contributed by atoms with Crippen molar-refractivity contribution >= 4 is 0 Å². The van der Waals surface area contributed by atoms with E-state index in [0.717, 1.165) is 47.7 Å². The molecule has 0 radical (unpaired) electrons. The van der Waals surface area contributed by atoms with E-state index in [4.69, 9.17) is 4.98 Å². The zero-order valence-electron chi connectivity index (χ0n) is 14.8. The van der Waals surface area contributed by atoms with E-state index >= 15 is 0 Å². The van der Waals surface area contributed by atoms with Gasteiger partial charge in [0.1, 0.15) is 5.69 Å². The second kappa shape index (κ2) is 7.35. The van der Waals surface area contributed by atoms with Crippen LogP contribution in [0.15, 0.2) is 67.5 Å². The molecule has 130 valence electrons. The molecule has 4 aromatic rings. The summed E-state index contributed by atoms with van der Waals surface area (Å²) >= 11 is 0. The van der Waals surface area contributed by atoms with Crippen LogP contribution in [0, 0.1) is 6.92 Å². The Balaban J connectivity index is 1.64. The highest BCUT2D eigenvalue weighted by Crippen LogP contribution is 2.31. The lowest BCUT2D eigenvalue weighted by atomic mass is 10.1. The molecule has 5 nitrogen and oxygen atoms in total. The first-order valence-electron chi connectivity index (χ1n) is 8.82. The number of pyridine rings is 1. The van der Waals surface area contributed by atoms with Crippen molar-refractivity contribution in [2.75, 3.05) is 0 Å². The number of imidazole rings is 2. The van der Waals surface area contributed by atoms with Crippen LogP contribution >= 0.6 is 0 Å². The van der Waals surface area contributed by atoms with Crippen molar-refractivity contribution < 1.29 is 0 Å². The van der Waals surface area contributed by atoms with E-state index < -0.39 is 0 Å². The van der Waals surface area contributed by atoms with Crippen LogP contribution in [0.5, 0.6) is 0 Å². The molecule has 26 heavy (non-hydrogen) atoms. The van der Waals surface area contributed by atoms with E-state index in [1.807, 2.05) is 49.9 Å². The van der Waals surface area contributed by atoms with E-state index in [9.17, 15) is 0 Å². The van der Waals surface area contributed by atoms with Gasteiger partial charge >= 0.3 is 0 Å². The predicted molar refractivity (Wildman–Crippen MR) is 103 cm³/mol. The van der Waals surface area contributed by atoms with Crippen molar-refractivity contribution in [2.45, 2.75) is 26.3 Å². The number of hydrogen-bond donors (Lipinski definition) is 1. The molecule has 5 heteroatoms. The number of nitrogens with one attached hydrogen (secondary N) is 1. The first-order chi connectivity index (χ1) is 12.8. The third-order valence-corrected chi connectivity index (χ3v) is 4.53. The Morgan fingerprint density at radius 3 is 2.62 bits per heavy atom. The number of H-pyrrole nitrogens is 1. The first-order valence-corrected chi connectivity index (χ1v) is 8.82. The van der Waals surface area contributed by atoms with Gasteiger partial charge in [0.25, 0.3) is 0 Å². The maximum Gasteiger partial charge on any atom is 0.110 e. The van der Waals surface area contributed by atoms with Gasteiger partial charge in [0.2, 0.25) is 0 Å². The molecule has 0 amide bonds. The first kappa shape index (κ1) is 16.3. The molecule has 0 unspecified atom stereocenters. The summed E-state index contributed by atoms with van der Waals surface area (Å²) in [7, 11) is 0. The normalized spacial score (nSPS) is 11.0. The lowest BCUT2D eigenvalue weighted by Crippen LogP contribution is -2.02. The van der Waals surface area contributed by atoms with Gasteiger partial charge < -0.3 is 9.55 Å². The maximum atomic E-state index is 4.71. The molecule has 3 heterocycles. The largest absolute Gasteiger partial charge is 0.348 e. The Morgan fingerprint density at radius 1 is 1.00 bits per heavy atom. The lowest BCUT2D eigenvalue weighted by molar-refractivity contribution is 0.645. The second-order valence-corrected chi connectivity index (χ2v) is 6.34. The fraction of sp³-hybridized carbons (Fsp3) is 0.190. The Morgan fingerprint density at radius 2 is 1.88 bits per heavy atom. The molecule has 0 atom stereocenters. The summed E-state index contributed by atoms with van der Waals surface area (Å²) < 4.78 is 2.21. The van der Waals surface area contributed by atoms with Crippen molar-refractivity contribution in [3.63, 3.8) is 0 Å². The van der Waals surface area contributed by atoms with E-state index in [2.05, 4.69) is 37.7 Å². The van der Waals surface area contributed by atoms with Crippen molar-refractivity contribution in [3.05, 3.63) is 78.8 Å². The maximum absolute atomic E-state index is 4.71. The molecule has 0 aliphatic heterocycles. The molecule has 0 fully saturated rings. The predicted octanol–water partition coefficient (Wildman–Crippen LogP) is 4.28. The lowest BCUT2D eigenvalue weighted by Gasteiger charge is -2.10. The highest BCUT2D eigenvalue weighted by Gasteiger charge is 2.18. The smallest absolute Gasteiger partial charge is 0.110 e. The number of hydrogen-bond acceptors (Lipinski definition) is 3. The number of benzene rings is 1. The van der Waals surface area contributed by atoms with Crippen molar-refractivity contribution in [1.29, 1.82) is 0 Å². The molecule has 0 aliphatic rings. The molecule has 1 aromatic carbocycles. The van der Waals surface area contributed by atoms with E-state index in [0.29, 0.717) is 0 Å². The van der Waals surface area contributed by atoms with Crippen LogP contribution in [0.3, 0.4) is 0 Å². The quantitative estimate of drug-likeness (QED) is 0.568. The van der Waals surface area contributed by atoms with Crippen LogP contribution in [0.25, 0.3) is 22.6 Å². The minimum Gasteiger partial charge on any atom is -0.348 e. The topological polar surface area (TPSA) is 59.4 Å². The van der Waals surface area contributed by atoms with E-state index in [-0.39, 0.29) is 0 Å². The number of aromatic amines is 1. The molecule has 0 saturated carbocycles. The minimum absolute atomic E-state index is 0.885. The molecule has 0 aliphatic carbocycles. The van der Waals surface area contributed by atoms with Gasteiger partial charge in [0.15, 0.2) is 0 Å². The van der Waals surface area contributed by atoms with Crippen molar-refractivity contribution in [1.82, 2.24) is 24.5 Å². The third-order valence-electron chi connectivity index (χ3n) is 4.53. The molecule has 0 spiro atoms. The van der Waals surface area contributed by atoms with Crippen LogP contribution in [0.4, 0.5) is 0 Å². The SMILES string of the molecule is Cc1[nH]cnc1-c1c(-c2ccccc2)ncn1CCCc1cccnc1. The number of aromatic nitrogens is 5. The zero-order chi connectivity index (χ0) is 17.8. The fourth-order valence-electron chi connectivity index (χ4n) is 3.20. The van der Waals surface area contributed by atoms with Crippen LogP contribution < -0.4 is 0 Å². The van der Waals surface area contributed by atoms with Gasteiger partial charge in [-0.15, -0.1) is 0 Å². The molecular formula is C21H21N5. The van der Waals surface area contributed by atoms with Crippen LogP contribution in [0.2, 0.25) is 0 Å². The Bertz CT molecular complexity index is 970. The van der Waals surface area contributed by atoms with Gasteiger partial charge in [-0.2, -0.15) is 0 Å². The molecular weight excluding hydrogens is 322 g/mol. The van der Waals surface area contributed by atoms with Gasteiger partial charge in [0, 0.05) is 30.2 Å². The molecule has 0 saturated heterocycles. The van der Waals surface area contributed by atoms with Crippen LogP contribution in [-0.4, -0.2) is 24.5 Å². The fourth-order valence-corrected chi connectivity index (χ4v) is 3.20. The summed E-state index contributed by atoms with van der Waals surface area (Å²) in [6.07, 6.45) is 9.42. The number of aryl methyl sites for hydroxylation is 3. The van der Waals surface area contributed by atoms with Gasteiger partial charge in [-0.3, -0.25) is 4.98 Å². The zero-order valence-corrected chi connectivity index (χ0v) is 14.8. The molecule has 3 aromatic heterocycles. The van der Waals surface area contributed by atoms with Gasteiger partial charge in [-0.25, -0.2) is 9.97 Å². The van der Waals surface area contributed by atoms with E-state index in [1.165, 1.54) is 5.56 Å². The third kappa shape index (κ3) is 3.28. The summed E-state index contributed by atoms with van der Waals surface area (Å²) in [6, 6.07) is 14.4. The number of nitrogens with zero attached hydrogens (tertiary/aromatic N) is 4. The average molecular weight is 343 g/mol. The Hall–Kier alpha value is -3.21. The summed E-state index contributed by atoms with van der Waals surface area (Å²) in [5.41, 5.74) is 6.42. The number of rotatable bonds is 6. The van der Waals surface area contributed by atoms with Gasteiger partial charge in [-0.1, -0.05) is 36.4 Å². The standard InChI is InChI=1S/C21H21N5/c1-16-19(24-14-23-16)21-20(18-9-3-2-4-10-18)25-15-26(21)12-6-8-17-7-5-11-22-13-17/h2-5,7,9-11,13-15H,6,8,12H2,1H3,(H,23,24). The summed E-state index contributed by atoms with van der Waals surface area (Å²) in [5.74, 6) is 0. The summed E-state index contributed by atoms with van der Waals surface area (Å²) in [5, 5.41) is 0. The molecule has 4 rings (SSSR count). The Labute approximate surface area is 152 Å². The van der Waals surface area contributed by atoms with Crippen molar-refractivity contribution in [3.8, 4) is 22.6 Å². The van der Waals surface area contributed by atoms with Gasteiger partial charge in [0.05, 0.1) is 24.0 Å². The highest BCUT2D eigenvalue weighted by atomic mass is 15.1. The Kier molecular flexibility index (Phi) is 4.60. The van der Waals surface area contributed by atoms with E-state index in [1.54, 1.807) is 6.33 Å². The van der Waals surface area contributed by atoms with Crippen molar-refractivity contribution in [2.24, 2.45) is 0 Å². The summed E-state index contributed by atoms with van der Waals surface area (Å²) in [6.45, 7) is 2.93. The molecule has 1 N–H and O–H groups in total. The highest BCUT2D eigenvalue weighted by molar-refractivity contribution is 5.77. The average Bonchev–Trinajstić information content (AvgIpc) is 3.29. The van der Waals surface area contributed by atoms with Gasteiger partial charge in [-0.05, 0) is 31.4 Å². The van der Waals surface area contributed by atoms with Crippen LogP contribution in [-0.2, 0) is 13.0 Å². The minimum atomic E-state index is 0.885.